The number of hydrogen-bond donors (Lipinski definition) is 3. The standard InChI is InChI=1S/C13H14ClFN2O.C4H4O4/c1-8-7-16-3-4-17(8)11-6-10(15)12(14)9-2-5-18-13(9)11;5-3(6)1-2-4(7)8/h2,5-6,8,16H,3-4,7H2,1H3;1-2H,(H,5,6)(H,7,8)/t8-;/m1./s1. The van der Waals surface area contributed by atoms with E-state index >= 15 is 0 Å². The Morgan fingerprint density at radius 2 is 2.04 bits per heavy atom. The van der Waals surface area contributed by atoms with Crippen molar-refractivity contribution in [2.45, 2.75) is 13.0 Å². The van der Waals surface area contributed by atoms with E-state index in [1.807, 2.05) is 0 Å². The van der Waals surface area contributed by atoms with Crippen LogP contribution in [-0.4, -0.2) is 47.8 Å². The molecule has 0 spiro atoms. The molecular formula is C17H18ClFN2O5. The van der Waals surface area contributed by atoms with Crippen LogP contribution in [0.3, 0.4) is 0 Å². The zero-order valence-corrected chi connectivity index (χ0v) is 14.7. The normalized spacial score (nSPS) is 17.2. The molecule has 1 aliphatic rings. The fourth-order valence-electron chi connectivity index (χ4n) is 2.61. The number of carboxylic acid groups (broad SMARTS) is 2. The summed E-state index contributed by atoms with van der Waals surface area (Å²) in [5, 5.41) is 19.7. The molecule has 1 aromatic carbocycles. The van der Waals surface area contributed by atoms with Crippen LogP contribution < -0.4 is 10.2 Å². The van der Waals surface area contributed by atoms with Crippen LogP contribution >= 0.6 is 11.6 Å². The first-order chi connectivity index (χ1) is 12.3. The molecule has 140 valence electrons. The maximum absolute atomic E-state index is 13.9. The number of carboxylic acids is 2. The van der Waals surface area contributed by atoms with Crippen LogP contribution in [0, 0.1) is 5.82 Å². The van der Waals surface area contributed by atoms with E-state index in [0.717, 1.165) is 25.3 Å². The number of nitrogens with zero attached hydrogens (tertiary/aromatic N) is 1. The molecule has 3 N–H and O–H groups in total. The highest BCUT2D eigenvalue weighted by Gasteiger charge is 2.23. The van der Waals surface area contributed by atoms with E-state index < -0.39 is 17.8 Å². The van der Waals surface area contributed by atoms with E-state index in [1.54, 1.807) is 12.3 Å². The molecule has 1 saturated heterocycles. The minimum Gasteiger partial charge on any atom is -0.478 e. The molecule has 3 rings (SSSR count). The van der Waals surface area contributed by atoms with Gasteiger partial charge in [-0.2, -0.15) is 0 Å². The van der Waals surface area contributed by atoms with Gasteiger partial charge in [-0.25, -0.2) is 14.0 Å². The van der Waals surface area contributed by atoms with Gasteiger partial charge in [0.25, 0.3) is 0 Å². The SMILES string of the molecule is C[C@@H]1CNCCN1c1cc(F)c(Cl)c2ccoc12.O=C(O)C=CC(=O)O. The summed E-state index contributed by atoms with van der Waals surface area (Å²) in [6.45, 7) is 4.70. The van der Waals surface area contributed by atoms with Crippen LogP contribution in [0.25, 0.3) is 11.0 Å². The summed E-state index contributed by atoms with van der Waals surface area (Å²) in [6, 6.07) is 3.47. The lowest BCUT2D eigenvalue weighted by Crippen LogP contribution is -2.50. The minimum atomic E-state index is -1.26. The number of halogens is 2. The molecule has 0 saturated carbocycles. The quantitative estimate of drug-likeness (QED) is 0.699. The van der Waals surface area contributed by atoms with E-state index in [2.05, 4.69) is 17.1 Å². The van der Waals surface area contributed by atoms with Crippen molar-refractivity contribution in [2.24, 2.45) is 0 Å². The minimum absolute atomic E-state index is 0.130. The van der Waals surface area contributed by atoms with Gasteiger partial charge in [0.2, 0.25) is 0 Å². The van der Waals surface area contributed by atoms with Crippen LogP contribution in [0.5, 0.6) is 0 Å². The van der Waals surface area contributed by atoms with E-state index in [0.29, 0.717) is 29.2 Å². The number of furan rings is 1. The fourth-order valence-corrected chi connectivity index (χ4v) is 2.82. The van der Waals surface area contributed by atoms with Crippen molar-refractivity contribution in [3.63, 3.8) is 0 Å². The molecule has 2 heterocycles. The van der Waals surface area contributed by atoms with Gasteiger partial charge in [-0.15, -0.1) is 0 Å². The predicted molar refractivity (Wildman–Crippen MR) is 95.3 cm³/mol. The van der Waals surface area contributed by atoms with E-state index in [1.165, 1.54) is 6.07 Å². The Balaban J connectivity index is 0.000000260. The molecule has 9 heteroatoms. The molecular weight excluding hydrogens is 367 g/mol. The Labute approximate surface area is 153 Å². The Kier molecular flexibility index (Phi) is 6.59. The third-order valence-electron chi connectivity index (χ3n) is 3.79. The number of piperazine rings is 1. The Morgan fingerprint density at radius 3 is 2.62 bits per heavy atom. The maximum atomic E-state index is 13.9. The zero-order chi connectivity index (χ0) is 19.3. The van der Waals surface area contributed by atoms with Gasteiger partial charge in [0.05, 0.1) is 17.0 Å². The largest absolute Gasteiger partial charge is 0.478 e. The molecule has 0 unspecified atom stereocenters. The van der Waals surface area contributed by atoms with Gasteiger partial charge in [-0.05, 0) is 13.0 Å². The molecule has 0 bridgehead atoms. The number of fused-ring (bicyclic) bond motifs is 1. The molecule has 1 atom stereocenters. The monoisotopic (exact) mass is 384 g/mol. The van der Waals surface area contributed by atoms with Crippen LogP contribution in [-0.2, 0) is 9.59 Å². The van der Waals surface area contributed by atoms with Crippen LogP contribution in [0.4, 0.5) is 10.1 Å². The van der Waals surface area contributed by atoms with Gasteiger partial charge >= 0.3 is 11.9 Å². The van der Waals surface area contributed by atoms with Gasteiger partial charge in [0.1, 0.15) is 5.82 Å². The lowest BCUT2D eigenvalue weighted by Gasteiger charge is -2.35. The summed E-state index contributed by atoms with van der Waals surface area (Å²) < 4.78 is 19.3. The van der Waals surface area contributed by atoms with Gasteiger partial charge < -0.3 is 24.8 Å². The highest BCUT2D eigenvalue weighted by Crippen LogP contribution is 2.36. The second-order valence-corrected chi connectivity index (χ2v) is 5.99. The molecule has 0 radical (unpaired) electrons. The average molecular weight is 385 g/mol. The zero-order valence-electron chi connectivity index (χ0n) is 13.9. The first-order valence-corrected chi connectivity index (χ1v) is 8.15. The second-order valence-electron chi connectivity index (χ2n) is 5.61. The molecule has 1 fully saturated rings. The van der Waals surface area contributed by atoms with Crippen molar-refractivity contribution < 1.29 is 28.6 Å². The number of benzene rings is 1. The summed E-state index contributed by atoms with van der Waals surface area (Å²) in [6.07, 6.45) is 2.66. The van der Waals surface area contributed by atoms with Crippen molar-refractivity contribution >= 4 is 40.2 Å². The molecule has 1 aliphatic heterocycles. The first-order valence-electron chi connectivity index (χ1n) is 7.77. The summed E-state index contributed by atoms with van der Waals surface area (Å²) >= 11 is 5.95. The first kappa shape index (κ1) is 19.7. The Morgan fingerprint density at radius 1 is 1.38 bits per heavy atom. The van der Waals surface area contributed by atoms with Crippen molar-refractivity contribution in [1.29, 1.82) is 0 Å². The van der Waals surface area contributed by atoms with Crippen molar-refractivity contribution in [2.75, 3.05) is 24.5 Å². The Hall–Kier alpha value is -2.58. The number of nitrogens with one attached hydrogen (secondary N) is 1. The lowest BCUT2D eigenvalue weighted by atomic mass is 10.1. The Bertz CT molecular complexity index is 820. The van der Waals surface area contributed by atoms with E-state index in [-0.39, 0.29) is 5.02 Å². The van der Waals surface area contributed by atoms with E-state index in [9.17, 15) is 14.0 Å². The maximum Gasteiger partial charge on any atom is 0.328 e. The van der Waals surface area contributed by atoms with Crippen LogP contribution in [0.15, 0.2) is 35.0 Å². The van der Waals surface area contributed by atoms with Gasteiger partial charge in [0, 0.05) is 49.3 Å². The average Bonchev–Trinajstić information content (AvgIpc) is 3.08. The predicted octanol–water partition coefficient (Wildman–Crippen LogP) is 2.74. The third-order valence-corrected chi connectivity index (χ3v) is 4.17. The summed E-state index contributed by atoms with van der Waals surface area (Å²) in [7, 11) is 0. The summed E-state index contributed by atoms with van der Waals surface area (Å²) in [5.41, 5.74) is 1.45. The highest BCUT2D eigenvalue weighted by molar-refractivity contribution is 6.36. The molecule has 26 heavy (non-hydrogen) atoms. The van der Waals surface area contributed by atoms with Crippen LogP contribution in [0.2, 0.25) is 5.02 Å². The number of carbonyl (C=O) groups is 2. The molecule has 1 aromatic heterocycles. The number of aliphatic carboxylic acids is 2. The second kappa shape index (κ2) is 8.68. The van der Waals surface area contributed by atoms with Gasteiger partial charge in [-0.1, -0.05) is 11.6 Å². The number of hydrogen-bond acceptors (Lipinski definition) is 5. The molecule has 0 aliphatic carbocycles. The van der Waals surface area contributed by atoms with Gasteiger partial charge in [0.15, 0.2) is 5.58 Å². The van der Waals surface area contributed by atoms with Crippen molar-refractivity contribution in [3.05, 3.63) is 41.4 Å². The number of anilines is 1. The molecule has 7 nitrogen and oxygen atoms in total. The summed E-state index contributed by atoms with van der Waals surface area (Å²) in [4.78, 5) is 21.3. The smallest absolute Gasteiger partial charge is 0.328 e. The fraction of sp³-hybridized carbons (Fsp3) is 0.294. The topological polar surface area (TPSA) is 103 Å². The highest BCUT2D eigenvalue weighted by atomic mass is 35.5. The molecule has 0 amide bonds. The van der Waals surface area contributed by atoms with Crippen molar-refractivity contribution in [3.8, 4) is 0 Å². The lowest BCUT2D eigenvalue weighted by molar-refractivity contribution is -0.134. The van der Waals surface area contributed by atoms with E-state index in [4.69, 9.17) is 26.2 Å². The van der Waals surface area contributed by atoms with Crippen molar-refractivity contribution in [1.82, 2.24) is 5.32 Å². The summed E-state index contributed by atoms with van der Waals surface area (Å²) in [5.74, 6) is -2.91. The molecule has 2 aromatic rings. The van der Waals surface area contributed by atoms with Gasteiger partial charge in [-0.3, -0.25) is 0 Å². The third kappa shape index (κ3) is 4.74. The van der Waals surface area contributed by atoms with Crippen LogP contribution in [0.1, 0.15) is 6.92 Å². The number of rotatable bonds is 3.